The number of fused-ring (bicyclic) bond motifs is 1. The third-order valence-electron chi connectivity index (χ3n) is 3.28. The van der Waals surface area contributed by atoms with Gasteiger partial charge in [-0.2, -0.15) is 30.3 Å². The molecule has 0 spiro atoms. The van der Waals surface area contributed by atoms with E-state index in [9.17, 15) is 0 Å². The maximum absolute atomic E-state index is 5.97. The van der Waals surface area contributed by atoms with Crippen LogP contribution in [0.5, 0.6) is 0 Å². The molecule has 3 aromatic carbocycles. The van der Waals surface area contributed by atoms with Crippen molar-refractivity contribution in [2.24, 2.45) is 0 Å². The monoisotopic (exact) mass is 328 g/mol. The Balaban J connectivity index is 0.000000253. The van der Waals surface area contributed by atoms with Crippen LogP contribution in [0.3, 0.4) is 0 Å². The number of nitrogens with zero attached hydrogens (tertiary/aromatic N) is 1. The number of aromatic nitrogens is 1. The first-order valence-electron chi connectivity index (χ1n) is 6.88. The first-order chi connectivity index (χ1) is 10.3. The van der Waals surface area contributed by atoms with E-state index in [1.165, 1.54) is 0 Å². The smallest absolute Gasteiger partial charge is 0.414 e. The number of nitrogen functional groups attached to an aromatic ring is 1. The van der Waals surface area contributed by atoms with Crippen molar-refractivity contribution in [3.8, 4) is 11.1 Å². The van der Waals surface area contributed by atoms with E-state index in [2.05, 4.69) is 11.1 Å². The summed E-state index contributed by atoms with van der Waals surface area (Å²) in [7, 11) is 0. The molecule has 0 bridgehead atoms. The third-order valence-corrected chi connectivity index (χ3v) is 3.28. The fourth-order valence-electron chi connectivity index (χ4n) is 2.24. The van der Waals surface area contributed by atoms with E-state index in [-0.39, 0.29) is 17.1 Å². The summed E-state index contributed by atoms with van der Waals surface area (Å²) in [5.74, 6) is 0.588. The summed E-state index contributed by atoms with van der Waals surface area (Å²) in [6, 6.07) is 28.2. The number of para-hydroxylation sites is 1. The number of hydrogen-bond donors (Lipinski definition) is 1. The molecular weight excluding hydrogens is 312 g/mol. The van der Waals surface area contributed by atoms with Crippen molar-refractivity contribution in [2.75, 3.05) is 5.73 Å². The minimum atomic E-state index is 0. The quantitative estimate of drug-likeness (QED) is 0.409. The van der Waals surface area contributed by atoms with Crippen LogP contribution < -0.4 is 5.73 Å². The Morgan fingerprint density at radius 2 is 1.59 bits per heavy atom. The predicted octanol–water partition coefficient (Wildman–Crippen LogP) is 4.61. The Morgan fingerprint density at radius 1 is 0.909 bits per heavy atom. The summed E-state index contributed by atoms with van der Waals surface area (Å²) in [5.41, 5.74) is 9.03. The molecule has 0 aliphatic heterocycles. The van der Waals surface area contributed by atoms with E-state index in [1.54, 1.807) is 0 Å². The molecule has 1 heterocycles. The van der Waals surface area contributed by atoms with Gasteiger partial charge in [0.2, 0.25) is 0 Å². The molecule has 0 aliphatic rings. The van der Waals surface area contributed by atoms with Crippen LogP contribution in [0.1, 0.15) is 0 Å². The van der Waals surface area contributed by atoms with Gasteiger partial charge in [-0.15, -0.1) is 18.2 Å². The molecule has 4 aromatic rings. The predicted molar refractivity (Wildman–Crippen MR) is 89.2 cm³/mol. The Hall–Kier alpha value is -2.35. The van der Waals surface area contributed by atoms with Gasteiger partial charge >= 0.3 is 17.1 Å². The summed E-state index contributed by atoms with van der Waals surface area (Å²) in [4.78, 5) is 4.41. The van der Waals surface area contributed by atoms with Gasteiger partial charge in [0.25, 0.3) is 0 Å². The Morgan fingerprint density at radius 3 is 2.23 bits per heavy atom. The molecule has 0 aliphatic carbocycles. The van der Waals surface area contributed by atoms with Gasteiger partial charge in [-0.05, 0) is 11.5 Å². The number of pyridine rings is 1. The van der Waals surface area contributed by atoms with E-state index in [0.29, 0.717) is 5.82 Å². The van der Waals surface area contributed by atoms with E-state index in [0.717, 1.165) is 22.0 Å². The van der Waals surface area contributed by atoms with Gasteiger partial charge in [-0.3, -0.25) is 4.98 Å². The zero-order valence-corrected chi connectivity index (χ0v) is 13.1. The van der Waals surface area contributed by atoms with Gasteiger partial charge < -0.3 is 5.73 Å². The van der Waals surface area contributed by atoms with Crippen molar-refractivity contribution in [3.05, 3.63) is 84.9 Å². The molecule has 0 saturated carbocycles. The second kappa shape index (κ2) is 7.60. The number of nitrogens with two attached hydrogens (primary N) is 1. The first-order valence-corrected chi connectivity index (χ1v) is 6.88. The average Bonchev–Trinajstić information content (AvgIpc) is 3.22. The molecule has 0 fully saturated rings. The number of hydrogen-bond acceptors (Lipinski definition) is 2. The molecule has 0 saturated heterocycles. The molecule has 22 heavy (non-hydrogen) atoms. The van der Waals surface area contributed by atoms with Crippen LogP contribution in [0, 0.1) is 0 Å². The maximum Gasteiger partial charge on any atom is 2.00 e. The van der Waals surface area contributed by atoms with Crippen molar-refractivity contribution in [3.63, 3.8) is 0 Å². The van der Waals surface area contributed by atoms with Gasteiger partial charge in [-0.25, -0.2) is 12.1 Å². The molecule has 0 unspecified atom stereocenters. The van der Waals surface area contributed by atoms with Gasteiger partial charge in [-0.1, -0.05) is 29.3 Å². The van der Waals surface area contributed by atoms with Crippen LogP contribution >= 0.6 is 0 Å². The molecule has 0 amide bonds. The fourth-order valence-corrected chi connectivity index (χ4v) is 2.24. The van der Waals surface area contributed by atoms with Gasteiger partial charge in [0.1, 0.15) is 0 Å². The molecule has 110 valence electrons. The molecule has 2 nitrogen and oxygen atoms in total. The normalized spacial score (nSPS) is 9.64. The van der Waals surface area contributed by atoms with Crippen molar-refractivity contribution < 1.29 is 17.1 Å². The van der Waals surface area contributed by atoms with Crippen LogP contribution in [0.4, 0.5) is 5.82 Å². The molecule has 3 heteroatoms. The number of anilines is 1. The molecule has 0 atom stereocenters. The van der Waals surface area contributed by atoms with E-state index >= 15 is 0 Å². The Kier molecular flexibility index (Phi) is 5.54. The van der Waals surface area contributed by atoms with Crippen LogP contribution in [-0.4, -0.2) is 4.98 Å². The number of rotatable bonds is 1. The maximum atomic E-state index is 5.97. The molecule has 2 N–H and O–H groups in total. The summed E-state index contributed by atoms with van der Waals surface area (Å²) in [6.07, 6.45) is 0. The van der Waals surface area contributed by atoms with Crippen molar-refractivity contribution in [2.45, 2.75) is 0 Å². The summed E-state index contributed by atoms with van der Waals surface area (Å²) >= 11 is 0. The van der Waals surface area contributed by atoms with Crippen LogP contribution in [0.15, 0.2) is 84.9 Å². The minimum Gasteiger partial charge on any atom is -0.414 e. The summed E-state index contributed by atoms with van der Waals surface area (Å²) in [5, 5.41) is 1.12. The Labute approximate surface area is 140 Å². The van der Waals surface area contributed by atoms with Crippen LogP contribution in [0.25, 0.3) is 22.0 Å². The summed E-state index contributed by atoms with van der Waals surface area (Å²) < 4.78 is 0. The zero-order valence-electron chi connectivity index (χ0n) is 12.0. The van der Waals surface area contributed by atoms with Crippen molar-refractivity contribution in [1.82, 2.24) is 4.98 Å². The van der Waals surface area contributed by atoms with Gasteiger partial charge in [0, 0.05) is 0 Å². The largest absolute Gasteiger partial charge is 2.00 e. The minimum absolute atomic E-state index is 0. The first kappa shape index (κ1) is 16.0. The van der Waals surface area contributed by atoms with E-state index < -0.39 is 0 Å². The van der Waals surface area contributed by atoms with E-state index in [4.69, 9.17) is 5.73 Å². The molecule has 0 radical (unpaired) electrons. The van der Waals surface area contributed by atoms with Crippen molar-refractivity contribution in [1.29, 1.82) is 0 Å². The van der Waals surface area contributed by atoms with Crippen LogP contribution in [0.2, 0.25) is 0 Å². The third kappa shape index (κ3) is 3.64. The topological polar surface area (TPSA) is 38.9 Å². The molecule has 4 rings (SSSR count). The second-order valence-electron chi connectivity index (χ2n) is 4.75. The fraction of sp³-hybridized carbons (Fsp3) is 0. The van der Waals surface area contributed by atoms with Crippen molar-refractivity contribution >= 4 is 16.7 Å². The number of benzene rings is 1. The zero-order chi connectivity index (χ0) is 14.5. The SMILES string of the molecule is Nc1nc2ccccc2cc1-[c-]1cccc1.[Fe+2].c1cc[cH-]c1. The second-order valence-corrected chi connectivity index (χ2v) is 4.75. The standard InChI is InChI=1S/C14H11N2.C5H5.Fe/c15-14-12(10-5-1-2-6-10)9-11-7-3-4-8-13(11)16-14;1-2-4-5-3-1;/h1-9H,(H2,15,16);1-5H;/q2*-1;+2. The molecule has 1 aromatic heterocycles. The summed E-state index contributed by atoms with van der Waals surface area (Å²) in [6.45, 7) is 0. The molecular formula is C19H16FeN2. The Bertz CT molecular complexity index is 785. The van der Waals surface area contributed by atoms with Gasteiger partial charge in [0.15, 0.2) is 0 Å². The van der Waals surface area contributed by atoms with Gasteiger partial charge in [0.05, 0.1) is 11.3 Å². The van der Waals surface area contributed by atoms with E-state index in [1.807, 2.05) is 78.9 Å². The average molecular weight is 328 g/mol. The van der Waals surface area contributed by atoms with Crippen LogP contribution in [-0.2, 0) is 17.1 Å².